The van der Waals surface area contributed by atoms with Gasteiger partial charge in [-0.25, -0.2) is 0 Å². The van der Waals surface area contributed by atoms with Gasteiger partial charge in [-0.1, -0.05) is 18.2 Å². The monoisotopic (exact) mass is 240 g/mol. The van der Waals surface area contributed by atoms with Gasteiger partial charge in [0.05, 0.1) is 11.1 Å². The van der Waals surface area contributed by atoms with Crippen molar-refractivity contribution in [2.75, 3.05) is 17.6 Å². The third-order valence-electron chi connectivity index (χ3n) is 3.26. The Balaban J connectivity index is 2.49. The number of benzene rings is 2. The molecule has 0 atom stereocenters. The van der Waals surface area contributed by atoms with Gasteiger partial charge in [-0.15, -0.1) is 0 Å². The van der Waals surface area contributed by atoms with E-state index >= 15 is 0 Å². The number of para-hydroxylation sites is 1. The number of hydrogen-bond acceptors (Lipinski definition) is 3. The highest BCUT2D eigenvalue weighted by Gasteiger charge is 2.14. The van der Waals surface area contributed by atoms with Gasteiger partial charge in [-0.05, 0) is 31.5 Å². The Bertz CT molecular complexity index is 728. The minimum absolute atomic E-state index is 0.802. The quantitative estimate of drug-likeness (QED) is 0.668. The van der Waals surface area contributed by atoms with E-state index in [9.17, 15) is 0 Å². The molecule has 1 heterocycles. The lowest BCUT2D eigenvalue weighted by atomic mass is 10.1. The summed E-state index contributed by atoms with van der Waals surface area (Å²) >= 11 is 0. The Morgan fingerprint density at radius 2 is 2.06 bits per heavy atom. The van der Waals surface area contributed by atoms with E-state index in [1.165, 1.54) is 0 Å². The standard InChI is InChI=1S/C15H16N2O/c1-3-17-11-8-9(2)14(16)13-10-6-4-5-7-12(10)18-15(11)13/h4-8,17H,3,16H2,1-2H3. The number of nitrogen functional groups attached to an aromatic ring is 1. The van der Waals surface area contributed by atoms with Crippen LogP contribution in [0.3, 0.4) is 0 Å². The number of anilines is 2. The summed E-state index contributed by atoms with van der Waals surface area (Å²) < 4.78 is 5.93. The summed E-state index contributed by atoms with van der Waals surface area (Å²) in [5, 5.41) is 5.42. The van der Waals surface area contributed by atoms with Gasteiger partial charge in [-0.3, -0.25) is 0 Å². The minimum Gasteiger partial charge on any atom is -0.454 e. The normalized spacial score (nSPS) is 11.2. The summed E-state index contributed by atoms with van der Waals surface area (Å²) in [6, 6.07) is 10.0. The van der Waals surface area contributed by atoms with Gasteiger partial charge in [0.15, 0.2) is 5.58 Å². The van der Waals surface area contributed by atoms with Gasteiger partial charge in [0.1, 0.15) is 5.58 Å². The van der Waals surface area contributed by atoms with Crippen molar-refractivity contribution in [1.82, 2.24) is 0 Å². The number of aryl methyl sites for hydroxylation is 1. The summed E-state index contributed by atoms with van der Waals surface area (Å²) in [5.41, 5.74) is 10.8. The van der Waals surface area contributed by atoms with Crippen molar-refractivity contribution in [3.05, 3.63) is 35.9 Å². The number of hydrogen-bond donors (Lipinski definition) is 2. The van der Waals surface area contributed by atoms with Crippen LogP contribution in [0.4, 0.5) is 11.4 Å². The highest BCUT2D eigenvalue weighted by Crippen LogP contribution is 2.38. The van der Waals surface area contributed by atoms with E-state index in [-0.39, 0.29) is 0 Å². The Labute approximate surface area is 106 Å². The molecule has 3 N–H and O–H groups in total. The molecule has 0 aliphatic rings. The molecule has 0 aliphatic heterocycles. The van der Waals surface area contributed by atoms with Crippen molar-refractivity contribution >= 4 is 33.3 Å². The van der Waals surface area contributed by atoms with Crippen LogP contribution in [0.25, 0.3) is 21.9 Å². The Morgan fingerprint density at radius 1 is 1.28 bits per heavy atom. The fraction of sp³-hybridized carbons (Fsp3) is 0.200. The largest absolute Gasteiger partial charge is 0.454 e. The summed E-state index contributed by atoms with van der Waals surface area (Å²) in [6.45, 7) is 4.95. The summed E-state index contributed by atoms with van der Waals surface area (Å²) in [5.74, 6) is 0. The van der Waals surface area contributed by atoms with Crippen LogP contribution in [0.5, 0.6) is 0 Å². The average molecular weight is 240 g/mol. The number of rotatable bonds is 2. The highest BCUT2D eigenvalue weighted by atomic mass is 16.3. The summed E-state index contributed by atoms with van der Waals surface area (Å²) in [7, 11) is 0. The first-order valence-electron chi connectivity index (χ1n) is 6.16. The zero-order valence-corrected chi connectivity index (χ0v) is 10.6. The third kappa shape index (κ3) is 1.44. The van der Waals surface area contributed by atoms with Gasteiger partial charge in [0.25, 0.3) is 0 Å². The molecule has 3 heteroatoms. The molecule has 3 nitrogen and oxygen atoms in total. The fourth-order valence-corrected chi connectivity index (χ4v) is 2.38. The molecule has 1 aromatic heterocycles. The van der Waals surface area contributed by atoms with E-state index in [2.05, 4.69) is 12.2 Å². The van der Waals surface area contributed by atoms with Gasteiger partial charge >= 0.3 is 0 Å². The molecule has 0 bridgehead atoms. The topological polar surface area (TPSA) is 51.2 Å². The van der Waals surface area contributed by atoms with Gasteiger partial charge < -0.3 is 15.5 Å². The number of nitrogens with one attached hydrogen (secondary N) is 1. The molecule has 0 radical (unpaired) electrons. The van der Waals surface area contributed by atoms with Crippen LogP contribution in [-0.4, -0.2) is 6.54 Å². The lowest BCUT2D eigenvalue weighted by molar-refractivity contribution is 0.669. The van der Waals surface area contributed by atoms with E-state index in [0.717, 1.165) is 45.4 Å². The molecule has 0 unspecified atom stereocenters. The van der Waals surface area contributed by atoms with Crippen molar-refractivity contribution in [1.29, 1.82) is 0 Å². The molecule has 2 aromatic carbocycles. The smallest absolute Gasteiger partial charge is 0.160 e. The van der Waals surface area contributed by atoms with Gasteiger partial charge in [0, 0.05) is 17.6 Å². The zero-order valence-electron chi connectivity index (χ0n) is 10.6. The summed E-state index contributed by atoms with van der Waals surface area (Å²) in [6.07, 6.45) is 0. The minimum atomic E-state index is 0.802. The lowest BCUT2D eigenvalue weighted by Gasteiger charge is -2.08. The van der Waals surface area contributed by atoms with Crippen molar-refractivity contribution < 1.29 is 4.42 Å². The predicted octanol–water partition coefficient (Wildman–Crippen LogP) is 3.91. The molecule has 0 fully saturated rings. The van der Waals surface area contributed by atoms with Crippen molar-refractivity contribution in [2.24, 2.45) is 0 Å². The first-order chi connectivity index (χ1) is 8.72. The number of fused-ring (bicyclic) bond motifs is 3. The van der Waals surface area contributed by atoms with Crippen LogP contribution in [0.1, 0.15) is 12.5 Å². The molecule has 3 rings (SSSR count). The predicted molar refractivity (Wildman–Crippen MR) is 77.0 cm³/mol. The van der Waals surface area contributed by atoms with Crippen LogP contribution in [0.2, 0.25) is 0 Å². The lowest BCUT2D eigenvalue weighted by Crippen LogP contribution is -1.99. The van der Waals surface area contributed by atoms with Crippen molar-refractivity contribution in [2.45, 2.75) is 13.8 Å². The molecule has 0 aliphatic carbocycles. The molecular weight excluding hydrogens is 224 g/mol. The number of nitrogens with two attached hydrogens (primary N) is 1. The second kappa shape index (κ2) is 3.95. The van der Waals surface area contributed by atoms with E-state index < -0.39 is 0 Å². The maximum atomic E-state index is 6.21. The van der Waals surface area contributed by atoms with E-state index in [4.69, 9.17) is 10.2 Å². The first-order valence-corrected chi connectivity index (χ1v) is 6.16. The second-order valence-electron chi connectivity index (χ2n) is 4.49. The van der Waals surface area contributed by atoms with Crippen LogP contribution in [-0.2, 0) is 0 Å². The maximum Gasteiger partial charge on any atom is 0.160 e. The fourth-order valence-electron chi connectivity index (χ4n) is 2.38. The van der Waals surface area contributed by atoms with Crippen molar-refractivity contribution in [3.63, 3.8) is 0 Å². The van der Waals surface area contributed by atoms with E-state index in [1.807, 2.05) is 37.3 Å². The Hall–Kier alpha value is -2.16. The van der Waals surface area contributed by atoms with E-state index in [1.54, 1.807) is 0 Å². The highest BCUT2D eigenvalue weighted by molar-refractivity contribution is 6.15. The Kier molecular flexibility index (Phi) is 2.40. The SMILES string of the molecule is CCNc1cc(C)c(N)c2c1oc1ccccc12. The maximum absolute atomic E-state index is 6.21. The van der Waals surface area contributed by atoms with E-state index in [0.29, 0.717) is 0 Å². The van der Waals surface area contributed by atoms with Crippen LogP contribution in [0, 0.1) is 6.92 Å². The van der Waals surface area contributed by atoms with Gasteiger partial charge in [0.2, 0.25) is 0 Å². The molecule has 18 heavy (non-hydrogen) atoms. The average Bonchev–Trinajstić information content (AvgIpc) is 2.75. The molecule has 0 amide bonds. The molecular formula is C15H16N2O. The van der Waals surface area contributed by atoms with Crippen LogP contribution in [0.15, 0.2) is 34.7 Å². The van der Waals surface area contributed by atoms with Crippen molar-refractivity contribution in [3.8, 4) is 0 Å². The third-order valence-corrected chi connectivity index (χ3v) is 3.26. The van der Waals surface area contributed by atoms with Gasteiger partial charge in [-0.2, -0.15) is 0 Å². The molecule has 0 saturated carbocycles. The zero-order chi connectivity index (χ0) is 12.7. The second-order valence-corrected chi connectivity index (χ2v) is 4.49. The molecule has 0 saturated heterocycles. The molecule has 0 spiro atoms. The first kappa shape index (κ1) is 11.0. The molecule has 3 aromatic rings. The van der Waals surface area contributed by atoms with Crippen LogP contribution >= 0.6 is 0 Å². The van der Waals surface area contributed by atoms with Crippen LogP contribution < -0.4 is 11.1 Å². The summed E-state index contributed by atoms with van der Waals surface area (Å²) in [4.78, 5) is 0. The molecule has 92 valence electrons. The Morgan fingerprint density at radius 3 is 2.83 bits per heavy atom. The number of furan rings is 1.